The number of hydrogen-bond donors (Lipinski definition) is 4. The number of amides is 2. The molecule has 0 aliphatic rings. The van der Waals surface area contributed by atoms with Gasteiger partial charge in [0.05, 0.1) is 6.61 Å². The highest BCUT2D eigenvalue weighted by molar-refractivity contribution is 7.99. The Labute approximate surface area is 214 Å². The number of alkyl carbamates (subject to hydrolysis) is 1. The molecule has 0 saturated heterocycles. The number of aliphatic carboxylic acids is 1. The highest BCUT2D eigenvalue weighted by Gasteiger charge is 2.27. The SMILES string of the molecule is CC(C)=CCCC(C)=CCCC(C)=CCSC[C@H](NC(=O)[C@H](CO)NC(=O)OC(C)(C)C)C(=O)O. The average molecular weight is 513 g/mol. The molecule has 35 heavy (non-hydrogen) atoms. The summed E-state index contributed by atoms with van der Waals surface area (Å²) >= 11 is 1.39. The summed E-state index contributed by atoms with van der Waals surface area (Å²) in [5, 5.41) is 23.5. The largest absolute Gasteiger partial charge is 0.480 e. The van der Waals surface area contributed by atoms with Crippen LogP contribution in [0.3, 0.4) is 0 Å². The Morgan fingerprint density at radius 1 is 0.914 bits per heavy atom. The maximum atomic E-state index is 12.4. The van der Waals surface area contributed by atoms with Crippen LogP contribution in [0.4, 0.5) is 4.79 Å². The van der Waals surface area contributed by atoms with Crippen molar-refractivity contribution < 1.29 is 29.3 Å². The number of thioether (sulfide) groups is 1. The van der Waals surface area contributed by atoms with Crippen LogP contribution in [-0.2, 0) is 14.3 Å². The van der Waals surface area contributed by atoms with Crippen molar-refractivity contribution in [3.05, 3.63) is 34.9 Å². The van der Waals surface area contributed by atoms with Crippen molar-refractivity contribution in [2.24, 2.45) is 0 Å². The molecule has 0 unspecified atom stereocenters. The first kappa shape index (κ1) is 32.7. The fourth-order valence-corrected chi connectivity index (χ4v) is 3.82. The van der Waals surface area contributed by atoms with E-state index in [-0.39, 0.29) is 5.75 Å². The van der Waals surface area contributed by atoms with Crippen molar-refractivity contribution in [3.63, 3.8) is 0 Å². The highest BCUT2D eigenvalue weighted by Crippen LogP contribution is 2.13. The second-order valence-corrected chi connectivity index (χ2v) is 10.9. The van der Waals surface area contributed by atoms with Crippen LogP contribution in [0.5, 0.6) is 0 Å². The molecule has 0 fully saturated rings. The molecule has 0 aliphatic carbocycles. The molecule has 8 nitrogen and oxygen atoms in total. The van der Waals surface area contributed by atoms with E-state index in [0.717, 1.165) is 25.7 Å². The van der Waals surface area contributed by atoms with E-state index >= 15 is 0 Å². The summed E-state index contributed by atoms with van der Waals surface area (Å²) in [4.78, 5) is 35.8. The fraction of sp³-hybridized carbons (Fsp3) is 0.654. The van der Waals surface area contributed by atoms with Crippen LogP contribution in [-0.4, -0.2) is 64.0 Å². The van der Waals surface area contributed by atoms with Gasteiger partial charge < -0.3 is 25.6 Å². The summed E-state index contributed by atoms with van der Waals surface area (Å²) in [5.74, 6) is -1.20. The first-order valence-electron chi connectivity index (χ1n) is 11.9. The molecule has 0 radical (unpaired) electrons. The zero-order valence-electron chi connectivity index (χ0n) is 22.3. The molecule has 0 saturated carbocycles. The third-order valence-corrected chi connectivity index (χ3v) is 5.73. The predicted molar refractivity (Wildman–Crippen MR) is 143 cm³/mol. The summed E-state index contributed by atoms with van der Waals surface area (Å²) in [6.07, 6.45) is 9.74. The van der Waals surface area contributed by atoms with Gasteiger partial charge in [-0.2, -0.15) is 11.8 Å². The molecule has 0 bridgehead atoms. The molecule has 0 aromatic carbocycles. The Morgan fingerprint density at radius 3 is 2.00 bits per heavy atom. The first-order valence-corrected chi connectivity index (χ1v) is 13.1. The monoisotopic (exact) mass is 512 g/mol. The lowest BCUT2D eigenvalue weighted by molar-refractivity contribution is -0.141. The van der Waals surface area contributed by atoms with Crippen LogP contribution in [0.2, 0.25) is 0 Å². The van der Waals surface area contributed by atoms with Gasteiger partial charge in [0, 0.05) is 11.5 Å². The zero-order chi connectivity index (χ0) is 27.0. The molecule has 0 heterocycles. The lowest BCUT2D eigenvalue weighted by Crippen LogP contribution is -2.54. The molecular weight excluding hydrogens is 468 g/mol. The van der Waals surface area contributed by atoms with Crippen LogP contribution in [0.15, 0.2) is 34.9 Å². The van der Waals surface area contributed by atoms with Crippen molar-refractivity contribution in [1.29, 1.82) is 0 Å². The van der Waals surface area contributed by atoms with E-state index < -0.39 is 42.3 Å². The van der Waals surface area contributed by atoms with Crippen LogP contribution in [0, 0.1) is 0 Å². The van der Waals surface area contributed by atoms with Gasteiger partial charge in [0.2, 0.25) is 5.91 Å². The minimum absolute atomic E-state index is 0.152. The third kappa shape index (κ3) is 17.8. The van der Waals surface area contributed by atoms with E-state index in [9.17, 15) is 24.6 Å². The van der Waals surface area contributed by atoms with Gasteiger partial charge >= 0.3 is 12.1 Å². The number of allylic oxidation sites excluding steroid dienone is 5. The van der Waals surface area contributed by atoms with Gasteiger partial charge in [-0.25, -0.2) is 9.59 Å². The van der Waals surface area contributed by atoms with Gasteiger partial charge in [-0.3, -0.25) is 4.79 Å². The molecule has 0 rings (SSSR count). The lowest BCUT2D eigenvalue weighted by Gasteiger charge is -2.23. The number of aliphatic hydroxyl groups excluding tert-OH is 1. The van der Waals surface area contributed by atoms with Crippen LogP contribution in [0.25, 0.3) is 0 Å². The lowest BCUT2D eigenvalue weighted by atomic mass is 10.1. The fourth-order valence-electron chi connectivity index (χ4n) is 2.82. The smallest absolute Gasteiger partial charge is 0.408 e. The van der Waals surface area contributed by atoms with E-state index in [2.05, 4.69) is 56.6 Å². The number of carbonyl (C=O) groups excluding carboxylic acids is 2. The number of ether oxygens (including phenoxy) is 1. The summed E-state index contributed by atoms with van der Waals surface area (Å²) in [7, 11) is 0. The van der Waals surface area contributed by atoms with Crippen molar-refractivity contribution in [2.75, 3.05) is 18.1 Å². The van der Waals surface area contributed by atoms with Gasteiger partial charge in [-0.1, -0.05) is 34.9 Å². The highest BCUT2D eigenvalue weighted by atomic mass is 32.2. The summed E-state index contributed by atoms with van der Waals surface area (Å²) in [6, 6.07) is -2.46. The van der Waals surface area contributed by atoms with Crippen LogP contribution >= 0.6 is 11.8 Å². The molecule has 2 amide bonds. The minimum Gasteiger partial charge on any atom is -0.480 e. The topological polar surface area (TPSA) is 125 Å². The number of carboxylic acids is 1. The zero-order valence-corrected chi connectivity index (χ0v) is 23.1. The Hall–Kier alpha value is -2.26. The van der Waals surface area contributed by atoms with Crippen LogP contribution < -0.4 is 10.6 Å². The standard InChI is InChI=1S/C26H44N2O6S/c1-18(2)10-8-11-19(3)12-9-13-20(4)14-15-35-17-22(24(31)32)27-23(30)21(16-29)28-25(33)34-26(5,6)7/h10,12,14,21-22,29H,8-9,11,13,15-17H2,1-7H3,(H,27,30)(H,28,33)(H,31,32)/t21-,22-/m0/s1. The van der Waals surface area contributed by atoms with Crippen molar-refractivity contribution >= 4 is 29.7 Å². The number of nitrogens with one attached hydrogen (secondary N) is 2. The van der Waals surface area contributed by atoms with E-state index in [0.29, 0.717) is 5.75 Å². The number of carbonyl (C=O) groups is 3. The maximum Gasteiger partial charge on any atom is 0.408 e. The Kier molecular flexibility index (Phi) is 16.1. The van der Waals surface area contributed by atoms with Gasteiger partial charge in [-0.05, 0) is 74.1 Å². The maximum absolute atomic E-state index is 12.4. The van der Waals surface area contributed by atoms with Gasteiger partial charge in [0.15, 0.2) is 0 Å². The molecule has 2 atom stereocenters. The number of hydrogen-bond acceptors (Lipinski definition) is 6. The molecule has 0 aromatic heterocycles. The Bertz CT molecular complexity index is 779. The van der Waals surface area contributed by atoms with Crippen molar-refractivity contribution in [2.45, 2.75) is 91.8 Å². The normalized spacial score (nSPS) is 14.1. The molecule has 0 spiro atoms. The summed E-state index contributed by atoms with van der Waals surface area (Å²) < 4.78 is 5.07. The van der Waals surface area contributed by atoms with E-state index in [4.69, 9.17) is 4.74 Å². The first-order chi connectivity index (χ1) is 16.2. The van der Waals surface area contributed by atoms with Gasteiger partial charge in [0.1, 0.15) is 17.7 Å². The Balaban J connectivity index is 4.56. The minimum atomic E-state index is -1.31. The molecule has 0 aliphatic heterocycles. The third-order valence-electron chi connectivity index (χ3n) is 4.76. The van der Waals surface area contributed by atoms with Crippen LogP contribution in [0.1, 0.15) is 74.1 Å². The number of rotatable bonds is 15. The quantitative estimate of drug-likeness (QED) is 0.187. The second kappa shape index (κ2) is 17.2. The van der Waals surface area contributed by atoms with Gasteiger partial charge in [0.25, 0.3) is 0 Å². The van der Waals surface area contributed by atoms with E-state index in [1.165, 1.54) is 28.5 Å². The second-order valence-electron chi connectivity index (χ2n) is 9.78. The predicted octanol–water partition coefficient (Wildman–Crippen LogP) is 4.59. The average Bonchev–Trinajstić information content (AvgIpc) is 2.72. The Morgan fingerprint density at radius 2 is 1.49 bits per heavy atom. The van der Waals surface area contributed by atoms with Crippen molar-refractivity contribution in [1.82, 2.24) is 10.6 Å². The molecular formula is C26H44N2O6S. The number of aliphatic hydroxyl groups is 1. The summed E-state index contributed by atoms with van der Waals surface area (Å²) in [6.45, 7) is 12.7. The molecule has 4 N–H and O–H groups in total. The summed E-state index contributed by atoms with van der Waals surface area (Å²) in [5.41, 5.74) is 3.17. The van der Waals surface area contributed by atoms with Crippen molar-refractivity contribution in [3.8, 4) is 0 Å². The number of carboxylic acid groups (broad SMARTS) is 1. The van der Waals surface area contributed by atoms with E-state index in [1.54, 1.807) is 20.8 Å². The van der Waals surface area contributed by atoms with Gasteiger partial charge in [-0.15, -0.1) is 0 Å². The van der Waals surface area contributed by atoms with E-state index in [1.807, 2.05) is 0 Å². The molecule has 9 heteroatoms. The molecule has 200 valence electrons. The molecule has 0 aromatic rings.